The van der Waals surface area contributed by atoms with Gasteiger partial charge in [-0.15, -0.1) is 0 Å². The van der Waals surface area contributed by atoms with Gasteiger partial charge in [-0.05, 0) is 37.8 Å². The van der Waals surface area contributed by atoms with Crippen molar-refractivity contribution in [3.8, 4) is 11.8 Å². The van der Waals surface area contributed by atoms with Gasteiger partial charge in [0.1, 0.15) is 11.8 Å². The molecule has 0 aliphatic heterocycles. The number of rotatable bonds is 5. The van der Waals surface area contributed by atoms with E-state index in [0.717, 1.165) is 31.2 Å². The van der Waals surface area contributed by atoms with Gasteiger partial charge in [0.15, 0.2) is 0 Å². The van der Waals surface area contributed by atoms with Gasteiger partial charge in [0.2, 0.25) is 0 Å². The molecule has 1 aromatic carbocycles. The minimum Gasteiger partial charge on any atom is -0.477 e. The van der Waals surface area contributed by atoms with Crippen molar-refractivity contribution in [3.05, 3.63) is 48.5 Å². The highest BCUT2D eigenvalue weighted by atomic mass is 16.5. The molecule has 8 heteroatoms. The van der Waals surface area contributed by atoms with Crippen molar-refractivity contribution in [2.45, 2.75) is 37.8 Å². The number of aromatic nitrogens is 4. The largest absolute Gasteiger partial charge is 0.477 e. The lowest BCUT2D eigenvalue weighted by molar-refractivity contribution is 0.0881. The maximum absolute atomic E-state index is 12.5. The Morgan fingerprint density at radius 2 is 1.71 bits per heavy atom. The van der Waals surface area contributed by atoms with Crippen molar-refractivity contribution >= 4 is 16.9 Å². The van der Waals surface area contributed by atoms with Gasteiger partial charge in [0, 0.05) is 18.4 Å². The Hall–Kier alpha value is -3.29. The van der Waals surface area contributed by atoms with Crippen molar-refractivity contribution < 1.29 is 14.3 Å². The Morgan fingerprint density at radius 1 is 1.00 bits per heavy atom. The fourth-order valence-corrected chi connectivity index (χ4v) is 3.34. The van der Waals surface area contributed by atoms with Crippen LogP contribution in [0.15, 0.2) is 42.9 Å². The molecule has 144 valence electrons. The molecule has 0 bridgehead atoms. The van der Waals surface area contributed by atoms with Crippen LogP contribution < -0.4 is 14.8 Å². The Balaban J connectivity index is 1.33. The summed E-state index contributed by atoms with van der Waals surface area (Å²) in [6, 6.07) is 7.59. The topological polar surface area (TPSA) is 99.1 Å². The van der Waals surface area contributed by atoms with Gasteiger partial charge in [-0.1, -0.05) is 12.1 Å². The molecular formula is C20H21N5O3. The molecule has 1 aliphatic rings. The van der Waals surface area contributed by atoms with E-state index in [9.17, 15) is 4.79 Å². The molecule has 2 heterocycles. The third-order valence-electron chi connectivity index (χ3n) is 4.80. The van der Waals surface area contributed by atoms with E-state index in [-0.39, 0.29) is 18.1 Å². The second-order valence-corrected chi connectivity index (χ2v) is 6.68. The third kappa shape index (κ3) is 4.00. The second-order valence-electron chi connectivity index (χ2n) is 6.68. The summed E-state index contributed by atoms with van der Waals surface area (Å²) in [7, 11) is 1.54. The average Bonchev–Trinajstić information content (AvgIpc) is 2.75. The van der Waals surface area contributed by atoms with Gasteiger partial charge in [0.05, 0.1) is 24.3 Å². The number of hydrogen-bond donors (Lipinski definition) is 1. The molecule has 0 radical (unpaired) electrons. The molecule has 0 saturated heterocycles. The maximum Gasteiger partial charge on any atom is 0.278 e. The summed E-state index contributed by atoms with van der Waals surface area (Å²) in [6.45, 7) is 0. The lowest BCUT2D eigenvalue weighted by Gasteiger charge is -2.29. The van der Waals surface area contributed by atoms with Crippen molar-refractivity contribution in [1.82, 2.24) is 25.3 Å². The van der Waals surface area contributed by atoms with E-state index in [2.05, 4.69) is 25.3 Å². The lowest BCUT2D eigenvalue weighted by atomic mass is 9.93. The minimum absolute atomic E-state index is 0.0270. The van der Waals surface area contributed by atoms with E-state index in [0.29, 0.717) is 23.0 Å². The summed E-state index contributed by atoms with van der Waals surface area (Å²) in [5.41, 5.74) is 1.82. The van der Waals surface area contributed by atoms with Gasteiger partial charge in [-0.2, -0.15) is 0 Å². The van der Waals surface area contributed by atoms with E-state index < -0.39 is 0 Å². The molecule has 3 aromatic rings. The molecule has 0 atom stereocenters. The van der Waals surface area contributed by atoms with Crippen molar-refractivity contribution in [3.63, 3.8) is 0 Å². The van der Waals surface area contributed by atoms with Crippen LogP contribution in [0.1, 0.15) is 36.2 Å². The molecule has 2 aromatic heterocycles. The fraction of sp³-hybridized carbons (Fsp3) is 0.350. The number of nitrogens with zero attached hydrogens (tertiary/aromatic N) is 4. The number of nitrogens with one attached hydrogen (secondary N) is 1. The van der Waals surface area contributed by atoms with E-state index >= 15 is 0 Å². The van der Waals surface area contributed by atoms with E-state index in [1.807, 2.05) is 24.3 Å². The zero-order chi connectivity index (χ0) is 19.3. The van der Waals surface area contributed by atoms with E-state index in [4.69, 9.17) is 9.47 Å². The normalized spacial score (nSPS) is 19.2. The zero-order valence-electron chi connectivity index (χ0n) is 15.5. The Kier molecular flexibility index (Phi) is 5.27. The molecule has 8 nitrogen and oxygen atoms in total. The Labute approximate surface area is 162 Å². The number of amides is 1. The van der Waals surface area contributed by atoms with Gasteiger partial charge in [0.25, 0.3) is 17.7 Å². The summed E-state index contributed by atoms with van der Waals surface area (Å²) in [5, 5.41) is 3.06. The van der Waals surface area contributed by atoms with E-state index in [1.165, 1.54) is 6.20 Å². The third-order valence-corrected chi connectivity index (χ3v) is 4.80. The Morgan fingerprint density at radius 3 is 2.46 bits per heavy atom. The number of carbonyl (C=O) groups is 1. The van der Waals surface area contributed by atoms with Gasteiger partial charge in [-0.3, -0.25) is 9.78 Å². The first kappa shape index (κ1) is 18.1. The number of fused-ring (bicyclic) bond motifs is 1. The van der Waals surface area contributed by atoms with Gasteiger partial charge < -0.3 is 14.8 Å². The quantitative estimate of drug-likeness (QED) is 0.727. The maximum atomic E-state index is 12.5. The predicted octanol–water partition coefficient (Wildman–Crippen LogP) is 2.55. The first-order valence-corrected chi connectivity index (χ1v) is 9.27. The standard InChI is InChI=1S/C20H21N5O3/c1-27-19-20(22-11-10-21-19)28-14-8-6-13(7-9-14)24-18(26)17-12-23-15-4-2-3-5-16(15)25-17/h2-5,10-14H,6-9H2,1H3,(H,24,26). The molecule has 1 saturated carbocycles. The molecule has 28 heavy (non-hydrogen) atoms. The highest BCUT2D eigenvalue weighted by Gasteiger charge is 2.25. The van der Waals surface area contributed by atoms with Crippen LogP contribution in [-0.2, 0) is 0 Å². The van der Waals surface area contributed by atoms with E-state index in [1.54, 1.807) is 19.5 Å². The SMILES string of the molecule is COc1nccnc1OC1CCC(NC(=O)c2cnc3ccccc3n2)CC1. The molecule has 1 fully saturated rings. The second kappa shape index (κ2) is 8.16. The molecule has 0 unspecified atom stereocenters. The summed E-state index contributed by atoms with van der Waals surface area (Å²) in [4.78, 5) is 29.5. The summed E-state index contributed by atoms with van der Waals surface area (Å²) in [6.07, 6.45) is 7.95. The molecule has 1 amide bonds. The van der Waals surface area contributed by atoms with Crippen LogP contribution in [0, 0.1) is 0 Å². The van der Waals surface area contributed by atoms with Gasteiger partial charge >= 0.3 is 0 Å². The molecule has 1 aliphatic carbocycles. The highest BCUT2D eigenvalue weighted by molar-refractivity contribution is 5.93. The lowest BCUT2D eigenvalue weighted by Crippen LogP contribution is -2.40. The van der Waals surface area contributed by atoms with Crippen LogP contribution in [0.4, 0.5) is 0 Å². The van der Waals surface area contributed by atoms with Crippen molar-refractivity contribution in [2.24, 2.45) is 0 Å². The summed E-state index contributed by atoms with van der Waals surface area (Å²) < 4.78 is 11.1. The number of para-hydroxylation sites is 2. The molecule has 1 N–H and O–H groups in total. The van der Waals surface area contributed by atoms with Gasteiger partial charge in [-0.25, -0.2) is 15.0 Å². The van der Waals surface area contributed by atoms with Crippen molar-refractivity contribution in [1.29, 1.82) is 0 Å². The van der Waals surface area contributed by atoms with Crippen LogP contribution in [0.5, 0.6) is 11.8 Å². The number of benzene rings is 1. The fourth-order valence-electron chi connectivity index (χ4n) is 3.34. The average molecular weight is 379 g/mol. The smallest absolute Gasteiger partial charge is 0.278 e. The zero-order valence-corrected chi connectivity index (χ0v) is 15.5. The number of methoxy groups -OCH3 is 1. The Bertz CT molecular complexity index is 973. The molecule has 0 spiro atoms. The van der Waals surface area contributed by atoms with Crippen LogP contribution in [0.2, 0.25) is 0 Å². The molecular weight excluding hydrogens is 358 g/mol. The number of ether oxygens (including phenoxy) is 2. The summed E-state index contributed by atoms with van der Waals surface area (Å²) >= 11 is 0. The number of carbonyl (C=O) groups excluding carboxylic acids is 1. The van der Waals surface area contributed by atoms with Crippen LogP contribution in [0.3, 0.4) is 0 Å². The number of hydrogen-bond acceptors (Lipinski definition) is 7. The first-order chi connectivity index (χ1) is 13.7. The van der Waals surface area contributed by atoms with Crippen LogP contribution in [-0.4, -0.2) is 45.1 Å². The predicted molar refractivity (Wildman–Crippen MR) is 102 cm³/mol. The highest BCUT2D eigenvalue weighted by Crippen LogP contribution is 2.27. The van der Waals surface area contributed by atoms with Crippen LogP contribution in [0.25, 0.3) is 11.0 Å². The van der Waals surface area contributed by atoms with Crippen molar-refractivity contribution in [2.75, 3.05) is 7.11 Å². The first-order valence-electron chi connectivity index (χ1n) is 9.27. The van der Waals surface area contributed by atoms with Crippen LogP contribution >= 0.6 is 0 Å². The monoisotopic (exact) mass is 379 g/mol. The summed E-state index contributed by atoms with van der Waals surface area (Å²) in [5.74, 6) is 0.593. The molecule has 4 rings (SSSR count). The minimum atomic E-state index is -0.196.